The van der Waals surface area contributed by atoms with Gasteiger partial charge in [0.25, 0.3) is 0 Å². The topological polar surface area (TPSA) is 105 Å². The first-order valence-corrected chi connectivity index (χ1v) is 8.63. The predicted molar refractivity (Wildman–Crippen MR) is 86.6 cm³/mol. The van der Waals surface area contributed by atoms with Crippen LogP contribution in [-0.2, 0) is 19.4 Å². The first-order chi connectivity index (χ1) is 11.3. The van der Waals surface area contributed by atoms with Crippen LogP contribution in [0.3, 0.4) is 0 Å². The van der Waals surface area contributed by atoms with E-state index in [0.29, 0.717) is 0 Å². The zero-order valence-electron chi connectivity index (χ0n) is 12.4. The molecule has 0 bridgehead atoms. The number of anilines is 2. The second-order valence-corrected chi connectivity index (χ2v) is 6.91. The first-order valence-electron chi connectivity index (χ1n) is 6.81. The summed E-state index contributed by atoms with van der Waals surface area (Å²) >= 11 is 0. The van der Waals surface area contributed by atoms with Gasteiger partial charge in [-0.05, 0) is 36.4 Å². The molecule has 7 nitrogen and oxygen atoms in total. The summed E-state index contributed by atoms with van der Waals surface area (Å²) in [6.45, 7) is 0. The van der Waals surface area contributed by atoms with Crippen LogP contribution in [0.2, 0.25) is 0 Å². The van der Waals surface area contributed by atoms with E-state index in [4.69, 9.17) is 0 Å². The van der Waals surface area contributed by atoms with Crippen LogP contribution < -0.4 is 10.6 Å². The van der Waals surface area contributed by atoms with E-state index in [-0.39, 0.29) is 11.5 Å². The van der Waals surface area contributed by atoms with Gasteiger partial charge in [0.1, 0.15) is 23.1 Å². The maximum Gasteiger partial charge on any atom is 0.240 e. The molecule has 24 heavy (non-hydrogen) atoms. The van der Waals surface area contributed by atoms with Gasteiger partial charge in [0.2, 0.25) is 11.8 Å². The first kappa shape index (κ1) is 17.5. The normalized spacial score (nSPS) is 10.9. The van der Waals surface area contributed by atoms with Crippen molar-refractivity contribution in [1.29, 1.82) is 0 Å². The van der Waals surface area contributed by atoms with E-state index in [0.717, 1.165) is 12.1 Å². The van der Waals surface area contributed by atoms with Gasteiger partial charge in [-0.25, -0.2) is 17.8 Å². The molecule has 1 heterocycles. The van der Waals surface area contributed by atoms with Crippen LogP contribution in [0.15, 0.2) is 48.7 Å². The second-order valence-electron chi connectivity index (χ2n) is 4.85. The highest BCUT2D eigenvalue weighted by Crippen LogP contribution is 2.08. The molecule has 1 aromatic carbocycles. The number of halogens is 1. The lowest BCUT2D eigenvalue weighted by Gasteiger charge is -2.07. The van der Waals surface area contributed by atoms with E-state index < -0.39 is 39.0 Å². The largest absolute Gasteiger partial charge is 0.325 e. The van der Waals surface area contributed by atoms with Gasteiger partial charge in [0.15, 0.2) is 9.84 Å². The lowest BCUT2D eigenvalue weighted by atomic mass is 10.3. The molecule has 0 aliphatic heterocycles. The minimum atomic E-state index is -3.95. The molecule has 9 heteroatoms. The third-order valence-electron chi connectivity index (χ3n) is 2.76. The molecule has 2 amide bonds. The zero-order valence-corrected chi connectivity index (χ0v) is 13.2. The van der Waals surface area contributed by atoms with Crippen LogP contribution >= 0.6 is 0 Å². The van der Waals surface area contributed by atoms with Crippen LogP contribution in [0.5, 0.6) is 0 Å². The highest BCUT2D eigenvalue weighted by Gasteiger charge is 2.21. The van der Waals surface area contributed by atoms with Crippen LogP contribution in [0.4, 0.5) is 15.9 Å². The maximum absolute atomic E-state index is 12.8. The van der Waals surface area contributed by atoms with Gasteiger partial charge >= 0.3 is 0 Å². The summed E-state index contributed by atoms with van der Waals surface area (Å²) in [4.78, 5) is 27.3. The summed E-state index contributed by atoms with van der Waals surface area (Å²) in [5.74, 6) is -3.57. The number of nitrogens with one attached hydrogen (secondary N) is 2. The van der Waals surface area contributed by atoms with E-state index in [1.54, 1.807) is 12.1 Å². The van der Waals surface area contributed by atoms with Crippen molar-refractivity contribution in [2.75, 3.05) is 22.1 Å². The number of aromatic nitrogens is 1. The number of carbonyl (C=O) groups excluding carboxylic acids is 2. The monoisotopic (exact) mass is 351 g/mol. The van der Waals surface area contributed by atoms with E-state index in [1.807, 2.05) is 0 Å². The highest BCUT2D eigenvalue weighted by atomic mass is 32.2. The summed E-state index contributed by atoms with van der Waals surface area (Å²) < 4.78 is 36.5. The van der Waals surface area contributed by atoms with E-state index in [9.17, 15) is 22.4 Å². The maximum atomic E-state index is 12.8. The summed E-state index contributed by atoms with van der Waals surface area (Å²) in [6, 6.07) is 9.64. The SMILES string of the molecule is O=C(CS(=O)(=O)CC(=O)Nc1ccccn1)Nc1ccc(F)cc1. The van der Waals surface area contributed by atoms with Crippen molar-refractivity contribution in [2.45, 2.75) is 0 Å². The Morgan fingerprint density at radius 3 is 2.17 bits per heavy atom. The van der Waals surface area contributed by atoms with Gasteiger partial charge in [0, 0.05) is 11.9 Å². The highest BCUT2D eigenvalue weighted by molar-refractivity contribution is 7.92. The van der Waals surface area contributed by atoms with Crippen molar-refractivity contribution in [3.8, 4) is 0 Å². The van der Waals surface area contributed by atoms with Crippen LogP contribution in [-0.4, -0.2) is 36.7 Å². The standard InChI is InChI=1S/C15H14FN3O4S/c16-11-4-6-12(7-5-11)18-14(20)9-24(22,23)10-15(21)19-13-3-1-2-8-17-13/h1-8H,9-10H2,(H,18,20)(H,17,19,21). The smallest absolute Gasteiger partial charge is 0.240 e. The van der Waals surface area contributed by atoms with E-state index in [1.165, 1.54) is 24.4 Å². The molecule has 0 saturated carbocycles. The minimum absolute atomic E-state index is 0.216. The third-order valence-corrected chi connectivity index (χ3v) is 4.17. The van der Waals surface area contributed by atoms with Gasteiger partial charge in [-0.2, -0.15) is 0 Å². The Bertz CT molecular complexity index is 824. The third kappa shape index (κ3) is 5.76. The molecule has 0 aliphatic carbocycles. The molecule has 0 atom stereocenters. The number of carbonyl (C=O) groups is 2. The summed E-state index contributed by atoms with van der Waals surface area (Å²) in [6.07, 6.45) is 1.44. The van der Waals surface area contributed by atoms with Crippen molar-refractivity contribution < 1.29 is 22.4 Å². The van der Waals surface area contributed by atoms with Gasteiger partial charge in [0.05, 0.1) is 0 Å². The van der Waals surface area contributed by atoms with Crippen molar-refractivity contribution in [3.05, 3.63) is 54.5 Å². The average molecular weight is 351 g/mol. The summed E-state index contributed by atoms with van der Waals surface area (Å²) in [5.41, 5.74) is 0.259. The summed E-state index contributed by atoms with van der Waals surface area (Å²) in [5, 5.41) is 4.64. The van der Waals surface area contributed by atoms with Crippen molar-refractivity contribution in [3.63, 3.8) is 0 Å². The van der Waals surface area contributed by atoms with E-state index in [2.05, 4.69) is 15.6 Å². The molecule has 2 aromatic rings. The minimum Gasteiger partial charge on any atom is -0.325 e. The molecule has 2 N–H and O–H groups in total. The molecular weight excluding hydrogens is 337 g/mol. The number of benzene rings is 1. The Hall–Kier alpha value is -2.81. The van der Waals surface area contributed by atoms with Crippen molar-refractivity contribution in [2.24, 2.45) is 0 Å². The van der Waals surface area contributed by atoms with Crippen LogP contribution in [0.25, 0.3) is 0 Å². The number of hydrogen-bond acceptors (Lipinski definition) is 5. The molecule has 0 radical (unpaired) electrons. The fourth-order valence-electron chi connectivity index (χ4n) is 1.80. The van der Waals surface area contributed by atoms with Gasteiger partial charge in [-0.1, -0.05) is 6.07 Å². The second kappa shape index (κ2) is 7.64. The van der Waals surface area contributed by atoms with Crippen LogP contribution in [0, 0.1) is 5.82 Å². The average Bonchev–Trinajstić information content (AvgIpc) is 2.49. The van der Waals surface area contributed by atoms with Crippen molar-refractivity contribution >= 4 is 33.2 Å². The Balaban J connectivity index is 1.89. The zero-order chi connectivity index (χ0) is 17.6. The lowest BCUT2D eigenvalue weighted by molar-refractivity contribution is -0.114. The Kier molecular flexibility index (Phi) is 5.59. The molecule has 0 fully saturated rings. The number of amides is 2. The number of sulfone groups is 1. The Labute approximate surface area is 137 Å². The predicted octanol–water partition coefficient (Wildman–Crippen LogP) is 1.21. The number of hydrogen-bond donors (Lipinski definition) is 2. The lowest BCUT2D eigenvalue weighted by Crippen LogP contribution is -2.30. The van der Waals surface area contributed by atoms with Gasteiger partial charge < -0.3 is 10.6 Å². The number of pyridine rings is 1. The van der Waals surface area contributed by atoms with Gasteiger partial charge in [-0.15, -0.1) is 0 Å². The van der Waals surface area contributed by atoms with Gasteiger partial charge in [-0.3, -0.25) is 9.59 Å². The fourth-order valence-corrected chi connectivity index (χ4v) is 2.84. The molecule has 0 saturated heterocycles. The summed E-state index contributed by atoms with van der Waals surface area (Å²) in [7, 11) is -3.95. The molecule has 1 aromatic heterocycles. The quantitative estimate of drug-likeness (QED) is 0.814. The Morgan fingerprint density at radius 2 is 1.58 bits per heavy atom. The molecule has 2 rings (SSSR count). The molecular formula is C15H14FN3O4S. The molecule has 126 valence electrons. The van der Waals surface area contributed by atoms with E-state index >= 15 is 0 Å². The van der Waals surface area contributed by atoms with Crippen LogP contribution in [0.1, 0.15) is 0 Å². The fraction of sp³-hybridized carbons (Fsp3) is 0.133. The molecule has 0 aliphatic rings. The number of rotatable bonds is 6. The Morgan fingerprint density at radius 1 is 0.958 bits per heavy atom. The van der Waals surface area contributed by atoms with Crippen molar-refractivity contribution in [1.82, 2.24) is 4.98 Å². The molecule has 0 spiro atoms. The number of nitrogens with zero attached hydrogens (tertiary/aromatic N) is 1. The molecule has 0 unspecified atom stereocenters.